The maximum Gasteiger partial charge on any atom is 0.237 e. The molecule has 4 rings (SSSR count). The van der Waals surface area contributed by atoms with Crippen LogP contribution in [0.1, 0.15) is 50.1 Å². The minimum absolute atomic E-state index is 0.0152. The second-order valence-electron chi connectivity index (χ2n) is 8.59. The Balaban J connectivity index is 1.66. The number of nitrogens with zero attached hydrogens (tertiary/aromatic N) is 2. The van der Waals surface area contributed by atoms with E-state index in [4.69, 9.17) is 0 Å². The van der Waals surface area contributed by atoms with E-state index in [9.17, 15) is 4.79 Å². The largest absolute Gasteiger partial charge is 0.349 e. The zero-order valence-electron chi connectivity index (χ0n) is 18.5. The number of hydrogen-bond acceptors (Lipinski definition) is 3. The third-order valence-corrected chi connectivity index (χ3v) is 5.84. The summed E-state index contributed by atoms with van der Waals surface area (Å²) in [4.78, 5) is 17.5. The van der Waals surface area contributed by atoms with Crippen LogP contribution in [0.25, 0.3) is 10.9 Å². The van der Waals surface area contributed by atoms with Crippen LogP contribution < -0.4 is 10.6 Å². The fraction of sp³-hybridized carbons (Fsp3) is 0.385. The number of carbonyl (C=O) groups is 1. The molecular formula is C26H30N4O. The predicted molar refractivity (Wildman–Crippen MR) is 124 cm³/mol. The van der Waals surface area contributed by atoms with Crippen molar-refractivity contribution in [3.8, 4) is 11.8 Å². The molecule has 2 unspecified atom stereocenters. The van der Waals surface area contributed by atoms with Gasteiger partial charge in [0.15, 0.2) is 0 Å². The fourth-order valence-corrected chi connectivity index (χ4v) is 4.46. The number of rotatable bonds is 6. The minimum Gasteiger partial charge on any atom is -0.349 e. The first-order chi connectivity index (χ1) is 15.1. The standard InChI is InChI=1S/C26H30N4O/c1-4-5-13-30-17-19-15-23(26(31)28-16-20-9-6-7-12-27-20)29-22(14-18(2)3)21-10-8-11-24(30)25(19)21/h6-12,17-18,22-23,29H,13-16H2,1-3H3,(H,28,31). The molecule has 1 amide bonds. The maximum atomic E-state index is 13.2. The normalized spacial score (nSPS) is 17.8. The Morgan fingerprint density at radius 2 is 2.16 bits per heavy atom. The second-order valence-corrected chi connectivity index (χ2v) is 8.59. The summed E-state index contributed by atoms with van der Waals surface area (Å²) in [6.45, 7) is 7.42. The number of hydrogen-bond donors (Lipinski definition) is 2. The Morgan fingerprint density at radius 1 is 1.29 bits per heavy atom. The first-order valence-electron chi connectivity index (χ1n) is 11.0. The van der Waals surface area contributed by atoms with Crippen LogP contribution >= 0.6 is 0 Å². The SMILES string of the molecule is CC#CCn1cc2c3c(cccc31)C(CC(C)C)NC(C(=O)NCc1ccccn1)C2. The van der Waals surface area contributed by atoms with Crippen molar-refractivity contribution in [1.82, 2.24) is 20.2 Å². The predicted octanol–water partition coefficient (Wildman–Crippen LogP) is 3.98. The maximum absolute atomic E-state index is 13.2. The Kier molecular flexibility index (Phi) is 6.39. The van der Waals surface area contributed by atoms with Gasteiger partial charge in [-0.15, -0.1) is 5.92 Å². The van der Waals surface area contributed by atoms with Crippen molar-refractivity contribution in [2.24, 2.45) is 5.92 Å². The lowest BCUT2D eigenvalue weighted by Gasteiger charge is -2.25. The highest BCUT2D eigenvalue weighted by Crippen LogP contribution is 2.35. The van der Waals surface area contributed by atoms with Crippen molar-refractivity contribution in [3.63, 3.8) is 0 Å². The van der Waals surface area contributed by atoms with Crippen LogP contribution in [0, 0.1) is 17.8 Å². The molecule has 2 atom stereocenters. The third-order valence-electron chi connectivity index (χ3n) is 5.84. The topological polar surface area (TPSA) is 59.0 Å². The van der Waals surface area contributed by atoms with Crippen molar-refractivity contribution in [3.05, 3.63) is 65.6 Å². The quantitative estimate of drug-likeness (QED) is 0.600. The zero-order chi connectivity index (χ0) is 21.8. The molecule has 0 saturated heterocycles. The van der Waals surface area contributed by atoms with Crippen molar-refractivity contribution >= 4 is 16.8 Å². The Hall–Kier alpha value is -3.10. The molecule has 1 aliphatic heterocycles. The molecular weight excluding hydrogens is 384 g/mol. The van der Waals surface area contributed by atoms with Gasteiger partial charge in [0.05, 0.1) is 24.8 Å². The summed E-state index contributed by atoms with van der Waals surface area (Å²) < 4.78 is 2.21. The van der Waals surface area contributed by atoms with E-state index in [1.54, 1.807) is 6.20 Å². The van der Waals surface area contributed by atoms with Crippen LogP contribution in [-0.4, -0.2) is 21.5 Å². The van der Waals surface area contributed by atoms with E-state index in [0.29, 0.717) is 25.4 Å². The van der Waals surface area contributed by atoms with Gasteiger partial charge in [0.1, 0.15) is 0 Å². The molecule has 5 heteroatoms. The Bertz CT molecular complexity index is 1120. The van der Waals surface area contributed by atoms with Gasteiger partial charge < -0.3 is 9.88 Å². The van der Waals surface area contributed by atoms with E-state index >= 15 is 0 Å². The summed E-state index contributed by atoms with van der Waals surface area (Å²) in [6.07, 6.45) is 5.56. The number of aromatic nitrogens is 2. The van der Waals surface area contributed by atoms with Gasteiger partial charge in [0.2, 0.25) is 5.91 Å². The molecule has 0 radical (unpaired) electrons. The van der Waals surface area contributed by atoms with Crippen LogP contribution in [0.3, 0.4) is 0 Å². The van der Waals surface area contributed by atoms with Gasteiger partial charge in [-0.2, -0.15) is 0 Å². The van der Waals surface area contributed by atoms with Crippen molar-refractivity contribution < 1.29 is 4.79 Å². The first-order valence-corrected chi connectivity index (χ1v) is 11.0. The number of benzene rings is 1. The lowest BCUT2D eigenvalue weighted by molar-refractivity contribution is -0.123. The molecule has 2 N–H and O–H groups in total. The molecule has 0 bridgehead atoms. The smallest absolute Gasteiger partial charge is 0.237 e. The van der Waals surface area contributed by atoms with E-state index in [1.165, 1.54) is 22.0 Å². The molecule has 2 aromatic heterocycles. The van der Waals surface area contributed by atoms with E-state index in [0.717, 1.165) is 12.1 Å². The third kappa shape index (κ3) is 4.65. The number of pyridine rings is 1. The van der Waals surface area contributed by atoms with Crippen molar-refractivity contribution in [2.75, 3.05) is 0 Å². The second kappa shape index (κ2) is 9.36. The van der Waals surface area contributed by atoms with Gasteiger partial charge in [-0.25, -0.2) is 0 Å². The molecule has 3 heterocycles. The van der Waals surface area contributed by atoms with Crippen molar-refractivity contribution in [2.45, 2.75) is 58.8 Å². The summed E-state index contributed by atoms with van der Waals surface area (Å²) in [6, 6.07) is 12.1. The number of amides is 1. The van der Waals surface area contributed by atoms with Gasteiger partial charge in [-0.05, 0) is 55.0 Å². The van der Waals surface area contributed by atoms with Crippen LogP contribution in [-0.2, 0) is 24.3 Å². The van der Waals surface area contributed by atoms with Crippen LogP contribution in [0.2, 0.25) is 0 Å². The molecule has 3 aromatic rings. The highest BCUT2D eigenvalue weighted by molar-refractivity contribution is 5.90. The molecule has 0 spiro atoms. The summed E-state index contributed by atoms with van der Waals surface area (Å²) >= 11 is 0. The van der Waals surface area contributed by atoms with E-state index in [-0.39, 0.29) is 18.0 Å². The van der Waals surface area contributed by atoms with Gasteiger partial charge >= 0.3 is 0 Å². The molecule has 0 aliphatic carbocycles. The summed E-state index contributed by atoms with van der Waals surface area (Å²) in [7, 11) is 0. The minimum atomic E-state index is -0.295. The van der Waals surface area contributed by atoms with Crippen LogP contribution in [0.4, 0.5) is 0 Å². The zero-order valence-corrected chi connectivity index (χ0v) is 18.5. The lowest BCUT2D eigenvalue weighted by atomic mass is 9.94. The molecule has 0 fully saturated rings. The van der Waals surface area contributed by atoms with Crippen LogP contribution in [0.5, 0.6) is 0 Å². The Labute approximate surface area is 184 Å². The van der Waals surface area contributed by atoms with Gasteiger partial charge in [0, 0.05) is 29.3 Å². The van der Waals surface area contributed by atoms with Crippen molar-refractivity contribution in [1.29, 1.82) is 0 Å². The fourth-order valence-electron chi connectivity index (χ4n) is 4.46. The lowest BCUT2D eigenvalue weighted by Crippen LogP contribution is -2.46. The summed E-state index contributed by atoms with van der Waals surface area (Å²) in [5.41, 5.74) is 4.54. The summed E-state index contributed by atoms with van der Waals surface area (Å²) in [5.74, 6) is 6.70. The van der Waals surface area contributed by atoms with E-state index in [2.05, 4.69) is 70.3 Å². The molecule has 1 aliphatic rings. The molecule has 31 heavy (non-hydrogen) atoms. The monoisotopic (exact) mass is 414 g/mol. The summed E-state index contributed by atoms with van der Waals surface area (Å²) in [5, 5.41) is 8.02. The molecule has 0 saturated carbocycles. The van der Waals surface area contributed by atoms with E-state index in [1.807, 2.05) is 25.1 Å². The molecule has 5 nitrogen and oxygen atoms in total. The number of carbonyl (C=O) groups excluding carboxylic acids is 1. The average Bonchev–Trinajstić information content (AvgIpc) is 3.04. The Morgan fingerprint density at radius 3 is 2.90 bits per heavy atom. The molecule has 1 aromatic carbocycles. The van der Waals surface area contributed by atoms with Gasteiger partial charge in [-0.1, -0.05) is 38.0 Å². The van der Waals surface area contributed by atoms with Crippen LogP contribution in [0.15, 0.2) is 48.8 Å². The van der Waals surface area contributed by atoms with E-state index < -0.39 is 0 Å². The first kappa shape index (κ1) is 21.1. The van der Waals surface area contributed by atoms with Gasteiger partial charge in [0.25, 0.3) is 0 Å². The van der Waals surface area contributed by atoms with Gasteiger partial charge in [-0.3, -0.25) is 15.1 Å². The highest BCUT2D eigenvalue weighted by Gasteiger charge is 2.30. The molecule has 160 valence electrons. The number of nitrogens with one attached hydrogen (secondary N) is 2. The highest BCUT2D eigenvalue weighted by atomic mass is 16.2. The average molecular weight is 415 g/mol.